The largest absolute Gasteiger partial charge is 0.456 e. The Labute approximate surface area is 125 Å². The second-order valence-corrected chi connectivity index (χ2v) is 5.30. The molecule has 4 heteroatoms. The lowest BCUT2D eigenvalue weighted by atomic mass is 10.2. The molecule has 2 rings (SSSR count). The molecule has 0 fully saturated rings. The van der Waals surface area contributed by atoms with E-state index in [1.807, 2.05) is 37.3 Å². The molecule has 0 saturated heterocycles. The highest BCUT2D eigenvalue weighted by Gasteiger charge is 2.05. The average molecular weight is 346 g/mol. The third-order valence-electron chi connectivity index (χ3n) is 2.48. The van der Waals surface area contributed by atoms with Crippen LogP contribution in [0.2, 0.25) is 10.0 Å². The number of rotatable bonds is 3. The molecule has 2 aromatic carbocycles. The van der Waals surface area contributed by atoms with Crippen LogP contribution in [0.15, 0.2) is 36.4 Å². The standard InChI is InChI=1S/C14H11BrCl2O/c1-9-2-5-14(13(17)6-9)18-11-4-3-10(8-15)12(16)7-11/h2-7H,8H2,1H3. The van der Waals surface area contributed by atoms with E-state index in [4.69, 9.17) is 27.9 Å². The van der Waals surface area contributed by atoms with Gasteiger partial charge in [-0.3, -0.25) is 0 Å². The quantitative estimate of drug-likeness (QED) is 0.621. The number of aryl methyl sites for hydroxylation is 1. The summed E-state index contributed by atoms with van der Waals surface area (Å²) in [6.07, 6.45) is 0. The predicted molar refractivity (Wildman–Crippen MR) is 80.3 cm³/mol. The summed E-state index contributed by atoms with van der Waals surface area (Å²) < 4.78 is 5.71. The maximum Gasteiger partial charge on any atom is 0.146 e. The molecule has 0 saturated carbocycles. The van der Waals surface area contributed by atoms with Gasteiger partial charge in [-0.05, 0) is 42.3 Å². The van der Waals surface area contributed by atoms with Crippen LogP contribution in [0.25, 0.3) is 0 Å². The van der Waals surface area contributed by atoms with Gasteiger partial charge in [0.15, 0.2) is 0 Å². The van der Waals surface area contributed by atoms with Crippen molar-refractivity contribution >= 4 is 39.1 Å². The second kappa shape index (κ2) is 5.96. The summed E-state index contributed by atoms with van der Waals surface area (Å²) in [4.78, 5) is 0. The minimum Gasteiger partial charge on any atom is -0.456 e. The number of halogens is 3. The molecule has 0 aliphatic heterocycles. The Balaban J connectivity index is 2.26. The summed E-state index contributed by atoms with van der Waals surface area (Å²) in [6.45, 7) is 1.98. The monoisotopic (exact) mass is 344 g/mol. The van der Waals surface area contributed by atoms with E-state index < -0.39 is 0 Å². The Morgan fingerprint density at radius 2 is 1.83 bits per heavy atom. The number of ether oxygens (including phenoxy) is 1. The average Bonchev–Trinajstić information content (AvgIpc) is 2.33. The Bertz CT molecular complexity index is 570. The van der Waals surface area contributed by atoms with Crippen molar-refractivity contribution in [2.24, 2.45) is 0 Å². The maximum absolute atomic E-state index is 6.12. The van der Waals surface area contributed by atoms with Crippen LogP contribution in [0.4, 0.5) is 0 Å². The van der Waals surface area contributed by atoms with Crippen molar-refractivity contribution in [1.82, 2.24) is 0 Å². The molecule has 0 N–H and O–H groups in total. The van der Waals surface area contributed by atoms with E-state index in [1.54, 1.807) is 6.07 Å². The summed E-state index contributed by atoms with van der Waals surface area (Å²) in [5.41, 5.74) is 2.12. The first-order valence-corrected chi connectivity index (χ1v) is 7.26. The highest BCUT2D eigenvalue weighted by molar-refractivity contribution is 9.08. The first kappa shape index (κ1) is 13.7. The van der Waals surface area contributed by atoms with Gasteiger partial charge in [0.25, 0.3) is 0 Å². The van der Waals surface area contributed by atoms with E-state index in [0.29, 0.717) is 21.5 Å². The van der Waals surface area contributed by atoms with Crippen molar-refractivity contribution in [3.63, 3.8) is 0 Å². The van der Waals surface area contributed by atoms with Crippen LogP contribution in [0.1, 0.15) is 11.1 Å². The molecule has 1 nitrogen and oxygen atoms in total. The molecular formula is C14H11BrCl2O. The van der Waals surface area contributed by atoms with E-state index >= 15 is 0 Å². The molecule has 2 aromatic rings. The van der Waals surface area contributed by atoms with E-state index in [-0.39, 0.29) is 0 Å². The molecule has 94 valence electrons. The number of benzene rings is 2. The molecule has 0 aromatic heterocycles. The Morgan fingerprint density at radius 3 is 2.44 bits per heavy atom. The van der Waals surface area contributed by atoms with Crippen LogP contribution in [0, 0.1) is 6.92 Å². The lowest BCUT2D eigenvalue weighted by molar-refractivity contribution is 0.482. The highest BCUT2D eigenvalue weighted by atomic mass is 79.9. The van der Waals surface area contributed by atoms with E-state index in [2.05, 4.69) is 15.9 Å². The van der Waals surface area contributed by atoms with Gasteiger partial charge in [0.05, 0.1) is 5.02 Å². The molecule has 0 aliphatic rings. The van der Waals surface area contributed by atoms with Gasteiger partial charge in [-0.2, -0.15) is 0 Å². The zero-order chi connectivity index (χ0) is 13.1. The van der Waals surface area contributed by atoms with Crippen LogP contribution >= 0.6 is 39.1 Å². The Morgan fingerprint density at radius 1 is 1.06 bits per heavy atom. The van der Waals surface area contributed by atoms with Gasteiger partial charge in [-0.25, -0.2) is 0 Å². The zero-order valence-corrected chi connectivity index (χ0v) is 12.8. The van der Waals surface area contributed by atoms with Crippen LogP contribution in [-0.2, 0) is 5.33 Å². The van der Waals surface area contributed by atoms with Gasteiger partial charge in [-0.1, -0.05) is 51.3 Å². The molecular weight excluding hydrogens is 335 g/mol. The SMILES string of the molecule is Cc1ccc(Oc2ccc(CBr)c(Cl)c2)c(Cl)c1. The van der Waals surface area contributed by atoms with Crippen molar-refractivity contribution in [2.45, 2.75) is 12.3 Å². The Hall–Kier alpha value is -0.700. The summed E-state index contributed by atoms with van der Waals surface area (Å²) in [5.74, 6) is 1.31. The fraction of sp³-hybridized carbons (Fsp3) is 0.143. The summed E-state index contributed by atoms with van der Waals surface area (Å²) in [7, 11) is 0. The lowest BCUT2D eigenvalue weighted by Crippen LogP contribution is -1.87. The van der Waals surface area contributed by atoms with Gasteiger partial charge in [-0.15, -0.1) is 0 Å². The highest BCUT2D eigenvalue weighted by Crippen LogP contribution is 2.32. The fourth-order valence-electron chi connectivity index (χ4n) is 1.52. The molecule has 0 atom stereocenters. The fourth-order valence-corrected chi connectivity index (χ4v) is 2.68. The van der Waals surface area contributed by atoms with Gasteiger partial charge in [0.2, 0.25) is 0 Å². The van der Waals surface area contributed by atoms with Crippen molar-refractivity contribution in [1.29, 1.82) is 0 Å². The first-order chi connectivity index (χ1) is 8.60. The van der Waals surface area contributed by atoms with Crippen molar-refractivity contribution in [2.75, 3.05) is 0 Å². The van der Waals surface area contributed by atoms with Gasteiger partial charge in [0, 0.05) is 10.4 Å². The van der Waals surface area contributed by atoms with E-state index in [0.717, 1.165) is 16.5 Å². The summed E-state index contributed by atoms with van der Waals surface area (Å²) >= 11 is 15.6. The van der Waals surface area contributed by atoms with Gasteiger partial charge >= 0.3 is 0 Å². The second-order valence-electron chi connectivity index (χ2n) is 3.92. The van der Waals surface area contributed by atoms with Crippen molar-refractivity contribution in [3.05, 3.63) is 57.6 Å². The maximum atomic E-state index is 6.12. The van der Waals surface area contributed by atoms with Crippen LogP contribution in [-0.4, -0.2) is 0 Å². The minimum absolute atomic E-state index is 0.593. The minimum atomic E-state index is 0.593. The molecule has 0 bridgehead atoms. The summed E-state index contributed by atoms with van der Waals surface area (Å²) in [6, 6.07) is 11.3. The van der Waals surface area contributed by atoms with Crippen LogP contribution in [0.3, 0.4) is 0 Å². The lowest BCUT2D eigenvalue weighted by Gasteiger charge is -2.09. The predicted octanol–water partition coefficient (Wildman–Crippen LogP) is 5.99. The first-order valence-electron chi connectivity index (χ1n) is 5.38. The summed E-state index contributed by atoms with van der Waals surface area (Å²) in [5, 5.41) is 1.99. The third kappa shape index (κ3) is 3.19. The van der Waals surface area contributed by atoms with Crippen molar-refractivity contribution in [3.8, 4) is 11.5 Å². The molecule has 0 spiro atoms. The number of hydrogen-bond donors (Lipinski definition) is 0. The van der Waals surface area contributed by atoms with Crippen LogP contribution in [0.5, 0.6) is 11.5 Å². The molecule has 0 radical (unpaired) electrons. The third-order valence-corrected chi connectivity index (χ3v) is 3.74. The van der Waals surface area contributed by atoms with Crippen LogP contribution < -0.4 is 4.74 Å². The van der Waals surface area contributed by atoms with E-state index in [1.165, 1.54) is 0 Å². The number of alkyl halides is 1. The van der Waals surface area contributed by atoms with Crippen molar-refractivity contribution < 1.29 is 4.74 Å². The van der Waals surface area contributed by atoms with Gasteiger partial charge < -0.3 is 4.74 Å². The molecule has 0 unspecified atom stereocenters. The smallest absolute Gasteiger partial charge is 0.146 e. The number of hydrogen-bond acceptors (Lipinski definition) is 1. The molecule has 0 amide bonds. The topological polar surface area (TPSA) is 9.23 Å². The zero-order valence-electron chi connectivity index (χ0n) is 9.71. The molecule has 18 heavy (non-hydrogen) atoms. The van der Waals surface area contributed by atoms with Gasteiger partial charge in [0.1, 0.15) is 11.5 Å². The normalized spacial score (nSPS) is 10.4. The molecule has 0 heterocycles. The van der Waals surface area contributed by atoms with E-state index in [9.17, 15) is 0 Å². The Kier molecular flexibility index (Phi) is 4.55. The molecule has 0 aliphatic carbocycles.